The zero-order valence-corrected chi connectivity index (χ0v) is 14.2. The number of rotatable bonds is 4. The maximum absolute atomic E-state index is 11.1. The van der Waals surface area contributed by atoms with Gasteiger partial charge >= 0.3 is 0 Å². The van der Waals surface area contributed by atoms with Crippen LogP contribution in [0, 0.1) is 6.92 Å². The first kappa shape index (κ1) is 16.3. The van der Waals surface area contributed by atoms with Crippen LogP contribution in [0.4, 0.5) is 5.82 Å². The molecule has 0 unspecified atom stereocenters. The molecule has 0 saturated heterocycles. The van der Waals surface area contributed by atoms with Gasteiger partial charge in [0.1, 0.15) is 18.2 Å². The summed E-state index contributed by atoms with van der Waals surface area (Å²) < 4.78 is 5.79. The maximum atomic E-state index is 11.1. The fraction of sp³-hybridized carbons (Fsp3) is 0.158. The Kier molecular flexibility index (Phi) is 4.67. The zero-order valence-electron chi connectivity index (χ0n) is 13.5. The summed E-state index contributed by atoms with van der Waals surface area (Å²) in [7, 11) is 0. The quantitative estimate of drug-likeness (QED) is 0.746. The third kappa shape index (κ3) is 3.84. The number of nitrogens with one attached hydrogen (secondary N) is 1. The first-order valence-electron chi connectivity index (χ1n) is 7.57. The van der Waals surface area contributed by atoms with Crippen molar-refractivity contribution in [2.24, 2.45) is 0 Å². The number of amides is 1. The molecule has 5 heteroatoms. The summed E-state index contributed by atoms with van der Waals surface area (Å²) in [5.41, 5.74) is 2.94. The summed E-state index contributed by atoms with van der Waals surface area (Å²) in [5, 5.41) is 4.27. The molecule has 0 bridgehead atoms. The number of pyridine rings is 1. The van der Waals surface area contributed by atoms with Crippen LogP contribution in [0.25, 0.3) is 10.9 Å². The van der Waals surface area contributed by atoms with E-state index in [1.165, 1.54) is 6.92 Å². The average Bonchev–Trinajstić information content (AvgIpc) is 2.53. The number of ether oxygens (including phenoxy) is 1. The van der Waals surface area contributed by atoms with Crippen molar-refractivity contribution in [1.29, 1.82) is 0 Å². The number of aryl methyl sites for hydroxylation is 1. The second-order valence-corrected chi connectivity index (χ2v) is 6.03. The molecule has 2 aromatic carbocycles. The third-order valence-electron chi connectivity index (χ3n) is 3.54. The molecule has 3 aromatic rings. The molecule has 0 fully saturated rings. The van der Waals surface area contributed by atoms with E-state index in [0.717, 1.165) is 22.0 Å². The molecule has 1 N–H and O–H groups in total. The van der Waals surface area contributed by atoms with Crippen molar-refractivity contribution < 1.29 is 9.53 Å². The van der Waals surface area contributed by atoms with Gasteiger partial charge in [-0.2, -0.15) is 0 Å². The highest BCUT2D eigenvalue weighted by atomic mass is 35.5. The van der Waals surface area contributed by atoms with Crippen LogP contribution in [0.2, 0.25) is 5.02 Å². The van der Waals surface area contributed by atoms with Gasteiger partial charge in [0.05, 0.1) is 10.5 Å². The Balaban J connectivity index is 1.77. The molecule has 0 saturated carbocycles. The van der Waals surface area contributed by atoms with Crippen molar-refractivity contribution in [2.75, 3.05) is 5.32 Å². The molecule has 1 amide bonds. The number of hydrogen-bond donors (Lipinski definition) is 1. The molecule has 0 aliphatic carbocycles. The van der Waals surface area contributed by atoms with Crippen molar-refractivity contribution in [3.63, 3.8) is 0 Å². The van der Waals surface area contributed by atoms with Crippen molar-refractivity contribution in [2.45, 2.75) is 20.5 Å². The highest BCUT2D eigenvalue weighted by Gasteiger charge is 2.04. The Morgan fingerprint density at radius 3 is 2.75 bits per heavy atom. The third-order valence-corrected chi connectivity index (χ3v) is 3.83. The number of hydrogen-bond acceptors (Lipinski definition) is 3. The molecule has 4 nitrogen and oxygen atoms in total. The minimum atomic E-state index is -0.137. The molecular weight excluding hydrogens is 324 g/mol. The highest BCUT2D eigenvalue weighted by molar-refractivity contribution is 6.32. The summed E-state index contributed by atoms with van der Waals surface area (Å²) in [6.07, 6.45) is 0. The van der Waals surface area contributed by atoms with Crippen LogP contribution in [0.1, 0.15) is 18.1 Å². The molecule has 3 rings (SSSR count). The minimum absolute atomic E-state index is 0.137. The lowest BCUT2D eigenvalue weighted by atomic mass is 10.1. The lowest BCUT2D eigenvalue weighted by molar-refractivity contribution is -0.114. The van der Waals surface area contributed by atoms with Crippen molar-refractivity contribution >= 4 is 34.2 Å². The topological polar surface area (TPSA) is 51.2 Å². The zero-order chi connectivity index (χ0) is 17.1. The Labute approximate surface area is 145 Å². The van der Waals surface area contributed by atoms with Gasteiger partial charge in [-0.05, 0) is 54.4 Å². The van der Waals surface area contributed by atoms with Crippen LogP contribution in [-0.4, -0.2) is 10.9 Å². The van der Waals surface area contributed by atoms with Gasteiger partial charge in [0, 0.05) is 12.3 Å². The molecule has 0 radical (unpaired) electrons. The van der Waals surface area contributed by atoms with E-state index in [0.29, 0.717) is 23.2 Å². The average molecular weight is 341 g/mol. The Morgan fingerprint density at radius 2 is 2.00 bits per heavy atom. The number of halogens is 1. The molecule has 1 heterocycles. The molecule has 0 aliphatic rings. The van der Waals surface area contributed by atoms with Gasteiger partial charge in [-0.25, -0.2) is 4.98 Å². The Bertz CT molecular complexity index is 909. The standard InChI is InChI=1S/C19H17ClN2O2/c1-12-3-7-18(16(20)9-12)24-11-14-4-6-17-15(10-14)5-8-19(22-17)21-13(2)23/h3-10H,11H2,1-2H3,(H,21,22,23). The number of carbonyl (C=O) groups excluding carboxylic acids is 1. The van der Waals surface area contributed by atoms with Crippen LogP contribution in [0.3, 0.4) is 0 Å². The van der Waals surface area contributed by atoms with E-state index in [1.54, 1.807) is 6.07 Å². The number of fused-ring (bicyclic) bond motifs is 1. The second-order valence-electron chi connectivity index (χ2n) is 5.63. The molecule has 1 aromatic heterocycles. The van der Waals surface area contributed by atoms with Crippen LogP contribution >= 0.6 is 11.6 Å². The normalized spacial score (nSPS) is 10.6. The number of anilines is 1. The molecule has 24 heavy (non-hydrogen) atoms. The molecule has 122 valence electrons. The largest absolute Gasteiger partial charge is 0.487 e. The van der Waals surface area contributed by atoms with E-state index in [1.807, 2.05) is 49.4 Å². The smallest absolute Gasteiger partial charge is 0.222 e. The van der Waals surface area contributed by atoms with Crippen molar-refractivity contribution in [1.82, 2.24) is 4.98 Å². The summed E-state index contributed by atoms with van der Waals surface area (Å²) in [6.45, 7) is 3.87. The lowest BCUT2D eigenvalue weighted by Gasteiger charge is -2.10. The van der Waals surface area contributed by atoms with E-state index >= 15 is 0 Å². The minimum Gasteiger partial charge on any atom is -0.487 e. The maximum Gasteiger partial charge on any atom is 0.222 e. The molecular formula is C19H17ClN2O2. The second kappa shape index (κ2) is 6.89. The van der Waals surface area contributed by atoms with Gasteiger partial charge in [-0.15, -0.1) is 0 Å². The van der Waals surface area contributed by atoms with Crippen LogP contribution in [0.5, 0.6) is 5.75 Å². The Hall–Kier alpha value is -2.59. The van der Waals surface area contributed by atoms with Gasteiger partial charge in [0.25, 0.3) is 0 Å². The summed E-state index contributed by atoms with van der Waals surface area (Å²) in [6, 6.07) is 15.3. The molecule has 0 spiro atoms. The van der Waals surface area contributed by atoms with E-state index < -0.39 is 0 Å². The van der Waals surface area contributed by atoms with E-state index in [9.17, 15) is 4.79 Å². The van der Waals surface area contributed by atoms with E-state index in [4.69, 9.17) is 16.3 Å². The van der Waals surface area contributed by atoms with Gasteiger partial charge in [0.15, 0.2) is 0 Å². The first-order chi connectivity index (χ1) is 11.5. The predicted molar refractivity (Wildman–Crippen MR) is 96.6 cm³/mol. The van der Waals surface area contributed by atoms with Crippen LogP contribution < -0.4 is 10.1 Å². The van der Waals surface area contributed by atoms with E-state index in [-0.39, 0.29) is 5.91 Å². The number of carbonyl (C=O) groups is 1. The predicted octanol–water partition coefficient (Wildman–Crippen LogP) is 4.73. The van der Waals surface area contributed by atoms with Gasteiger partial charge in [-0.1, -0.05) is 23.7 Å². The first-order valence-corrected chi connectivity index (χ1v) is 7.95. The number of aromatic nitrogens is 1. The Morgan fingerprint density at radius 1 is 1.17 bits per heavy atom. The monoisotopic (exact) mass is 340 g/mol. The van der Waals surface area contributed by atoms with E-state index in [2.05, 4.69) is 10.3 Å². The highest BCUT2D eigenvalue weighted by Crippen LogP contribution is 2.26. The summed E-state index contributed by atoms with van der Waals surface area (Å²) in [4.78, 5) is 15.5. The van der Waals surface area contributed by atoms with Crippen LogP contribution in [-0.2, 0) is 11.4 Å². The number of nitrogens with zero attached hydrogens (tertiary/aromatic N) is 1. The fourth-order valence-corrected chi connectivity index (χ4v) is 2.69. The van der Waals surface area contributed by atoms with Crippen molar-refractivity contribution in [3.8, 4) is 5.75 Å². The summed E-state index contributed by atoms with van der Waals surface area (Å²) in [5.74, 6) is 1.08. The van der Waals surface area contributed by atoms with Gasteiger partial charge in [-0.3, -0.25) is 4.79 Å². The molecule has 0 aliphatic heterocycles. The lowest BCUT2D eigenvalue weighted by Crippen LogP contribution is -2.07. The van der Waals surface area contributed by atoms with Crippen molar-refractivity contribution in [3.05, 3.63) is 64.7 Å². The van der Waals surface area contributed by atoms with Gasteiger partial charge < -0.3 is 10.1 Å². The molecule has 0 atom stereocenters. The van der Waals surface area contributed by atoms with Gasteiger partial charge in [0.2, 0.25) is 5.91 Å². The fourth-order valence-electron chi connectivity index (χ4n) is 2.40. The SMILES string of the molecule is CC(=O)Nc1ccc2cc(COc3ccc(C)cc3Cl)ccc2n1. The number of benzene rings is 2. The summed E-state index contributed by atoms with van der Waals surface area (Å²) >= 11 is 6.18. The van der Waals surface area contributed by atoms with Crippen LogP contribution in [0.15, 0.2) is 48.5 Å².